The molecule has 0 saturated carbocycles. The molecule has 1 amide bonds. The summed E-state index contributed by atoms with van der Waals surface area (Å²) in [6.45, 7) is 3.67. The van der Waals surface area contributed by atoms with E-state index in [1.54, 1.807) is 6.07 Å². The first-order valence-electron chi connectivity index (χ1n) is 11.6. The molecule has 1 aliphatic heterocycles. The Bertz CT molecular complexity index is 1440. The van der Waals surface area contributed by atoms with Crippen LogP contribution in [-0.4, -0.2) is 44.0 Å². The maximum absolute atomic E-state index is 14.0. The Labute approximate surface area is 214 Å². The molecule has 0 atom stereocenters. The second-order valence-electron chi connectivity index (χ2n) is 8.83. The average molecular weight is 532 g/mol. The van der Waals surface area contributed by atoms with Gasteiger partial charge >= 0.3 is 0 Å². The van der Waals surface area contributed by atoms with Gasteiger partial charge < -0.3 is 14.6 Å². The number of amides is 1. The Kier molecular flexibility index (Phi) is 7.74. The van der Waals surface area contributed by atoms with Crippen molar-refractivity contribution < 1.29 is 31.3 Å². The molecule has 1 aromatic heterocycles. The molecule has 2 aromatic carbocycles. The highest BCUT2D eigenvalue weighted by molar-refractivity contribution is 7.89. The topological polar surface area (TPSA) is 102 Å². The number of piperidine rings is 1. The molecule has 0 radical (unpaired) electrons. The minimum absolute atomic E-state index is 0.0624. The molecular formula is C26H27F2N3O5S. The van der Waals surface area contributed by atoms with E-state index in [-0.39, 0.29) is 46.8 Å². The third-order valence-electron chi connectivity index (χ3n) is 6.25. The molecule has 4 rings (SSSR count). The molecule has 0 aliphatic carbocycles. The van der Waals surface area contributed by atoms with E-state index in [1.165, 1.54) is 36.6 Å². The summed E-state index contributed by atoms with van der Waals surface area (Å²) in [6, 6.07) is 8.54. The SMILES string of the molecule is COc1ccc(C)cc1NC(=O)C1CCN(S(=O)(=O)c2c(C)noc2/C=C/c2ccc(F)cc2F)CC1. The molecule has 1 N–H and O–H groups in total. The molecule has 2 heterocycles. The second kappa shape index (κ2) is 10.8. The number of nitrogens with one attached hydrogen (secondary N) is 1. The summed E-state index contributed by atoms with van der Waals surface area (Å²) in [6.07, 6.45) is 3.24. The first-order chi connectivity index (χ1) is 17.6. The molecule has 11 heteroatoms. The summed E-state index contributed by atoms with van der Waals surface area (Å²) in [7, 11) is -2.48. The van der Waals surface area contributed by atoms with Crippen LogP contribution in [0.4, 0.5) is 14.5 Å². The molecule has 3 aromatic rings. The van der Waals surface area contributed by atoms with Crippen LogP contribution in [0.3, 0.4) is 0 Å². The largest absolute Gasteiger partial charge is 0.495 e. The van der Waals surface area contributed by atoms with Crippen LogP contribution in [0.15, 0.2) is 45.8 Å². The molecule has 196 valence electrons. The number of carbonyl (C=O) groups excluding carboxylic acids is 1. The Hall–Kier alpha value is -3.57. The van der Waals surface area contributed by atoms with E-state index in [2.05, 4.69) is 10.5 Å². The van der Waals surface area contributed by atoms with Gasteiger partial charge in [-0.05, 0) is 68.7 Å². The van der Waals surface area contributed by atoms with Crippen LogP contribution in [-0.2, 0) is 14.8 Å². The van der Waals surface area contributed by atoms with E-state index in [4.69, 9.17) is 9.26 Å². The lowest BCUT2D eigenvalue weighted by Crippen LogP contribution is -2.41. The van der Waals surface area contributed by atoms with Crippen LogP contribution >= 0.6 is 0 Å². The standard InChI is InChI=1S/C26H27F2N3O5S/c1-16-4-8-23(35-3)22(14-16)29-26(32)19-10-12-31(13-11-19)37(33,34)25-17(2)30-36-24(25)9-6-18-5-7-20(27)15-21(18)28/h4-9,14-15,19H,10-13H2,1-3H3,(H,29,32)/b9-6+. The number of anilines is 1. The number of rotatable bonds is 7. The van der Waals surface area contributed by atoms with E-state index < -0.39 is 21.7 Å². The molecule has 0 spiro atoms. The van der Waals surface area contributed by atoms with Crippen LogP contribution in [0.2, 0.25) is 0 Å². The van der Waals surface area contributed by atoms with Crippen LogP contribution in [0.5, 0.6) is 5.75 Å². The monoisotopic (exact) mass is 531 g/mol. The average Bonchev–Trinajstić information content (AvgIpc) is 3.24. The fourth-order valence-corrected chi connectivity index (χ4v) is 5.96. The van der Waals surface area contributed by atoms with E-state index in [9.17, 15) is 22.0 Å². The van der Waals surface area contributed by atoms with E-state index >= 15 is 0 Å². The number of aromatic nitrogens is 1. The van der Waals surface area contributed by atoms with Gasteiger partial charge in [-0.25, -0.2) is 17.2 Å². The van der Waals surface area contributed by atoms with E-state index in [1.807, 2.05) is 19.1 Å². The zero-order valence-corrected chi connectivity index (χ0v) is 21.4. The molecule has 1 saturated heterocycles. The van der Waals surface area contributed by atoms with Crippen molar-refractivity contribution >= 4 is 33.8 Å². The van der Waals surface area contributed by atoms with Crippen molar-refractivity contribution in [1.82, 2.24) is 9.46 Å². The van der Waals surface area contributed by atoms with Crippen LogP contribution in [0.25, 0.3) is 12.2 Å². The van der Waals surface area contributed by atoms with Crippen LogP contribution in [0.1, 0.15) is 35.4 Å². The molecular weight excluding hydrogens is 504 g/mol. The minimum Gasteiger partial charge on any atom is -0.495 e. The van der Waals surface area contributed by atoms with Crippen LogP contribution in [0, 0.1) is 31.4 Å². The first kappa shape index (κ1) is 26.5. The minimum atomic E-state index is -4.01. The van der Waals surface area contributed by atoms with Crippen molar-refractivity contribution in [3.8, 4) is 5.75 Å². The predicted molar refractivity (Wildman–Crippen MR) is 134 cm³/mol. The van der Waals surface area contributed by atoms with Crippen molar-refractivity contribution in [3.63, 3.8) is 0 Å². The van der Waals surface area contributed by atoms with Crippen molar-refractivity contribution in [3.05, 3.63) is 70.6 Å². The summed E-state index contributed by atoms with van der Waals surface area (Å²) < 4.78 is 65.9. The lowest BCUT2D eigenvalue weighted by Gasteiger charge is -2.30. The third kappa shape index (κ3) is 5.72. The number of ether oxygens (including phenoxy) is 1. The Morgan fingerprint density at radius 3 is 2.54 bits per heavy atom. The lowest BCUT2D eigenvalue weighted by molar-refractivity contribution is -0.120. The van der Waals surface area contributed by atoms with Gasteiger partial charge in [-0.2, -0.15) is 4.31 Å². The van der Waals surface area contributed by atoms with E-state index in [0.29, 0.717) is 24.3 Å². The van der Waals surface area contributed by atoms with Gasteiger partial charge in [0.2, 0.25) is 15.9 Å². The number of nitrogens with zero attached hydrogens (tertiary/aromatic N) is 2. The number of hydrogen-bond acceptors (Lipinski definition) is 6. The van der Waals surface area contributed by atoms with E-state index in [0.717, 1.165) is 17.7 Å². The Morgan fingerprint density at radius 2 is 1.86 bits per heavy atom. The Morgan fingerprint density at radius 1 is 1.14 bits per heavy atom. The highest BCUT2D eigenvalue weighted by atomic mass is 32.2. The normalized spacial score (nSPS) is 15.3. The number of halogens is 2. The van der Waals surface area contributed by atoms with Gasteiger partial charge in [0, 0.05) is 30.6 Å². The zero-order chi connectivity index (χ0) is 26.7. The molecule has 0 bridgehead atoms. The molecule has 37 heavy (non-hydrogen) atoms. The first-order valence-corrected chi connectivity index (χ1v) is 13.1. The number of aryl methyl sites for hydroxylation is 2. The van der Waals surface area contributed by atoms with Crippen molar-refractivity contribution in [2.24, 2.45) is 5.92 Å². The number of carbonyl (C=O) groups is 1. The second-order valence-corrected chi connectivity index (χ2v) is 10.7. The fourth-order valence-electron chi connectivity index (χ4n) is 4.24. The third-order valence-corrected chi connectivity index (χ3v) is 8.30. The van der Waals surface area contributed by atoms with Gasteiger partial charge in [0.15, 0.2) is 10.7 Å². The van der Waals surface area contributed by atoms with Gasteiger partial charge in [-0.15, -0.1) is 0 Å². The summed E-state index contributed by atoms with van der Waals surface area (Å²) in [5.41, 5.74) is 1.76. The van der Waals surface area contributed by atoms with Gasteiger partial charge in [-0.3, -0.25) is 4.79 Å². The number of benzene rings is 2. The number of methoxy groups -OCH3 is 1. The highest BCUT2D eigenvalue weighted by Crippen LogP contribution is 2.31. The molecule has 8 nitrogen and oxygen atoms in total. The van der Waals surface area contributed by atoms with Gasteiger partial charge in [0.05, 0.1) is 12.8 Å². The van der Waals surface area contributed by atoms with Gasteiger partial charge in [0.1, 0.15) is 23.1 Å². The molecule has 1 aliphatic rings. The fraction of sp³-hybridized carbons (Fsp3) is 0.308. The lowest BCUT2D eigenvalue weighted by atomic mass is 9.97. The van der Waals surface area contributed by atoms with Crippen molar-refractivity contribution in [1.29, 1.82) is 0 Å². The zero-order valence-electron chi connectivity index (χ0n) is 20.6. The quantitative estimate of drug-likeness (QED) is 0.471. The van der Waals surface area contributed by atoms with Crippen molar-refractivity contribution in [2.45, 2.75) is 31.6 Å². The maximum atomic E-state index is 14.0. The molecule has 0 unspecified atom stereocenters. The van der Waals surface area contributed by atoms with Gasteiger partial charge in [-0.1, -0.05) is 11.2 Å². The Balaban J connectivity index is 1.47. The summed E-state index contributed by atoms with van der Waals surface area (Å²) in [5, 5.41) is 6.67. The highest BCUT2D eigenvalue weighted by Gasteiger charge is 2.36. The number of sulfonamides is 1. The van der Waals surface area contributed by atoms with Gasteiger partial charge in [0.25, 0.3) is 0 Å². The van der Waals surface area contributed by atoms with Crippen LogP contribution < -0.4 is 10.1 Å². The number of hydrogen-bond donors (Lipinski definition) is 1. The van der Waals surface area contributed by atoms with Crippen molar-refractivity contribution in [2.75, 3.05) is 25.5 Å². The predicted octanol–water partition coefficient (Wildman–Crippen LogP) is 4.79. The summed E-state index contributed by atoms with van der Waals surface area (Å²) in [4.78, 5) is 12.8. The smallest absolute Gasteiger partial charge is 0.248 e. The summed E-state index contributed by atoms with van der Waals surface area (Å²) in [5.74, 6) is -1.60. The molecule has 1 fully saturated rings. The summed E-state index contributed by atoms with van der Waals surface area (Å²) >= 11 is 0. The maximum Gasteiger partial charge on any atom is 0.248 e.